The molecule has 1 aliphatic heterocycles. The highest BCUT2D eigenvalue weighted by Crippen LogP contribution is 2.36. The van der Waals surface area contributed by atoms with Crippen LogP contribution in [0.4, 0.5) is 8.78 Å². The largest absolute Gasteiger partial charge is 0.507 e. The Balaban J connectivity index is 1.71. The lowest BCUT2D eigenvalue weighted by Crippen LogP contribution is -2.49. The van der Waals surface area contributed by atoms with Gasteiger partial charge in [0.25, 0.3) is 6.43 Å². The molecule has 9 heteroatoms. The number of halogens is 2. The molecule has 1 fully saturated rings. The van der Waals surface area contributed by atoms with Gasteiger partial charge in [0.2, 0.25) is 0 Å². The molecule has 0 aliphatic carbocycles. The number of nitrogens with one attached hydrogen (secondary N) is 1. The predicted molar refractivity (Wildman–Crippen MR) is 120 cm³/mol. The van der Waals surface area contributed by atoms with Crippen LogP contribution in [-0.4, -0.2) is 70.7 Å². The SMILES string of the molecule is COc1cc(C)c2[nH]ccc2c1CN1CCN(CC(F)F)C[C@@H]1c1ccc(C(=O)O)c(O)c1. The van der Waals surface area contributed by atoms with Crippen molar-refractivity contribution in [2.45, 2.75) is 25.9 Å². The van der Waals surface area contributed by atoms with Gasteiger partial charge in [-0.25, -0.2) is 13.6 Å². The molecule has 1 saturated heterocycles. The van der Waals surface area contributed by atoms with E-state index in [4.69, 9.17) is 4.74 Å². The maximum Gasteiger partial charge on any atom is 0.339 e. The van der Waals surface area contributed by atoms with E-state index in [0.717, 1.165) is 27.8 Å². The Morgan fingerprint density at radius 1 is 1.27 bits per heavy atom. The number of hydrogen-bond donors (Lipinski definition) is 3. The molecule has 176 valence electrons. The van der Waals surface area contributed by atoms with Crippen LogP contribution in [0.25, 0.3) is 10.9 Å². The number of aromatic hydroxyl groups is 1. The van der Waals surface area contributed by atoms with E-state index in [2.05, 4.69) is 9.88 Å². The number of carboxylic acid groups (broad SMARTS) is 1. The van der Waals surface area contributed by atoms with Gasteiger partial charge in [-0.05, 0) is 42.3 Å². The highest BCUT2D eigenvalue weighted by atomic mass is 19.3. The minimum atomic E-state index is -2.45. The Morgan fingerprint density at radius 3 is 2.73 bits per heavy atom. The number of methoxy groups -OCH3 is 1. The summed E-state index contributed by atoms with van der Waals surface area (Å²) in [7, 11) is 1.62. The molecule has 0 saturated carbocycles. The van der Waals surface area contributed by atoms with Crippen molar-refractivity contribution in [1.82, 2.24) is 14.8 Å². The van der Waals surface area contributed by atoms with Crippen molar-refractivity contribution in [3.63, 3.8) is 0 Å². The summed E-state index contributed by atoms with van der Waals surface area (Å²) in [6.45, 7) is 3.52. The summed E-state index contributed by atoms with van der Waals surface area (Å²) in [5.41, 5.74) is 3.54. The van der Waals surface area contributed by atoms with Gasteiger partial charge in [0.1, 0.15) is 17.1 Å². The van der Waals surface area contributed by atoms with Gasteiger partial charge < -0.3 is 19.9 Å². The predicted octanol–water partition coefficient (Wildman–Crippen LogP) is 4.01. The fourth-order valence-corrected chi connectivity index (χ4v) is 4.66. The Morgan fingerprint density at radius 2 is 2.06 bits per heavy atom. The van der Waals surface area contributed by atoms with E-state index < -0.39 is 12.4 Å². The van der Waals surface area contributed by atoms with Crippen LogP contribution in [0.3, 0.4) is 0 Å². The molecule has 7 nitrogen and oxygen atoms in total. The number of alkyl halides is 2. The lowest BCUT2D eigenvalue weighted by molar-refractivity contribution is 0.0245. The number of piperazine rings is 1. The van der Waals surface area contributed by atoms with Crippen LogP contribution in [0.1, 0.15) is 33.1 Å². The second kappa shape index (κ2) is 9.36. The van der Waals surface area contributed by atoms with Crippen LogP contribution < -0.4 is 4.74 Å². The molecular formula is C24H27F2N3O4. The van der Waals surface area contributed by atoms with Crippen molar-refractivity contribution < 1.29 is 28.5 Å². The maximum atomic E-state index is 13.1. The van der Waals surface area contributed by atoms with Crippen LogP contribution in [0, 0.1) is 6.92 Å². The number of fused-ring (bicyclic) bond motifs is 1. The molecule has 4 rings (SSSR count). The zero-order valence-electron chi connectivity index (χ0n) is 18.5. The molecule has 2 aromatic carbocycles. The summed E-state index contributed by atoms with van der Waals surface area (Å²) < 4.78 is 31.9. The zero-order valence-corrected chi connectivity index (χ0v) is 18.5. The molecule has 1 aliphatic rings. The van der Waals surface area contributed by atoms with Crippen LogP contribution in [0.2, 0.25) is 0 Å². The third-order valence-electron chi connectivity index (χ3n) is 6.30. The van der Waals surface area contributed by atoms with Crippen molar-refractivity contribution in [1.29, 1.82) is 0 Å². The Hall–Kier alpha value is -3.17. The van der Waals surface area contributed by atoms with Crippen molar-refractivity contribution in [3.8, 4) is 11.5 Å². The minimum Gasteiger partial charge on any atom is -0.507 e. The van der Waals surface area contributed by atoms with Gasteiger partial charge >= 0.3 is 5.97 Å². The van der Waals surface area contributed by atoms with E-state index in [-0.39, 0.29) is 23.9 Å². The van der Waals surface area contributed by atoms with Gasteiger partial charge in [0, 0.05) is 54.9 Å². The Bertz CT molecular complexity index is 1160. The van der Waals surface area contributed by atoms with Crippen LogP contribution >= 0.6 is 0 Å². The van der Waals surface area contributed by atoms with Crippen LogP contribution in [0.5, 0.6) is 11.5 Å². The number of benzene rings is 2. The van der Waals surface area contributed by atoms with Crippen LogP contribution in [-0.2, 0) is 6.54 Å². The van der Waals surface area contributed by atoms with E-state index in [1.54, 1.807) is 18.1 Å². The highest BCUT2D eigenvalue weighted by Gasteiger charge is 2.31. The summed E-state index contributed by atoms with van der Waals surface area (Å²) in [6.07, 6.45) is -0.571. The topological polar surface area (TPSA) is 89.0 Å². The maximum absolute atomic E-state index is 13.1. The molecule has 0 amide bonds. The van der Waals surface area contributed by atoms with E-state index in [1.165, 1.54) is 12.1 Å². The number of aromatic carboxylic acids is 1. The third kappa shape index (κ3) is 4.65. The number of nitrogens with zero attached hydrogens (tertiary/aromatic N) is 2. The smallest absolute Gasteiger partial charge is 0.339 e. The molecule has 0 unspecified atom stereocenters. The molecule has 0 radical (unpaired) electrons. The van der Waals surface area contributed by atoms with Crippen molar-refractivity contribution in [3.05, 3.63) is 58.8 Å². The fourth-order valence-electron chi connectivity index (χ4n) is 4.66. The molecule has 0 spiro atoms. The van der Waals surface area contributed by atoms with Crippen molar-refractivity contribution >= 4 is 16.9 Å². The first-order valence-corrected chi connectivity index (χ1v) is 10.7. The molecule has 3 N–H and O–H groups in total. The normalized spacial score (nSPS) is 17.7. The van der Waals surface area contributed by atoms with Crippen molar-refractivity contribution in [2.24, 2.45) is 0 Å². The average Bonchev–Trinajstić information content (AvgIpc) is 3.26. The highest BCUT2D eigenvalue weighted by molar-refractivity contribution is 5.91. The summed E-state index contributed by atoms with van der Waals surface area (Å²) in [5.74, 6) is -0.817. The number of carbonyl (C=O) groups is 1. The second-order valence-electron chi connectivity index (χ2n) is 8.36. The minimum absolute atomic E-state index is 0.195. The lowest BCUT2D eigenvalue weighted by Gasteiger charge is -2.42. The zero-order chi connectivity index (χ0) is 23.7. The summed E-state index contributed by atoms with van der Waals surface area (Å²) >= 11 is 0. The number of H-pyrrole nitrogens is 1. The quantitative estimate of drug-likeness (QED) is 0.495. The number of aromatic amines is 1. The van der Waals surface area contributed by atoms with Gasteiger partial charge in [-0.1, -0.05) is 6.07 Å². The number of carboxylic acids is 1. The van der Waals surface area contributed by atoms with E-state index in [1.807, 2.05) is 25.3 Å². The van der Waals surface area contributed by atoms with E-state index in [9.17, 15) is 23.8 Å². The molecule has 2 heterocycles. The number of phenols is 1. The third-order valence-corrected chi connectivity index (χ3v) is 6.30. The molecule has 3 aromatic rings. The first kappa shape index (κ1) is 23.0. The number of aromatic nitrogens is 1. The number of ether oxygens (including phenoxy) is 1. The lowest BCUT2D eigenvalue weighted by atomic mass is 9.98. The molecule has 0 bridgehead atoms. The first-order chi connectivity index (χ1) is 15.8. The Labute approximate surface area is 190 Å². The summed E-state index contributed by atoms with van der Waals surface area (Å²) in [5, 5.41) is 20.5. The monoisotopic (exact) mass is 459 g/mol. The summed E-state index contributed by atoms with van der Waals surface area (Å²) in [4.78, 5) is 18.4. The van der Waals surface area contributed by atoms with Crippen molar-refractivity contribution in [2.75, 3.05) is 33.3 Å². The summed E-state index contributed by atoms with van der Waals surface area (Å²) in [6, 6.07) is 8.08. The average molecular weight is 459 g/mol. The standard InChI is InChI=1S/C24H27F2N3O4/c1-14-9-21(33-2)18(16-5-6-27-23(14)16)11-29-8-7-28(13-22(25)26)12-19(29)15-3-4-17(24(31)32)20(30)10-15/h3-6,9-10,19,22,27,30H,7-8,11-13H2,1-2H3,(H,31,32)/t19-/m1/s1. The second-order valence-corrected chi connectivity index (χ2v) is 8.36. The number of aryl methyl sites for hydroxylation is 1. The number of rotatable bonds is 7. The Kier molecular flexibility index (Phi) is 6.53. The molecule has 1 atom stereocenters. The van der Waals surface area contributed by atoms with Gasteiger partial charge in [-0.15, -0.1) is 0 Å². The van der Waals surface area contributed by atoms with Crippen LogP contribution in [0.15, 0.2) is 36.5 Å². The molecule has 33 heavy (non-hydrogen) atoms. The van der Waals surface area contributed by atoms with Gasteiger partial charge in [0.15, 0.2) is 0 Å². The van der Waals surface area contributed by atoms with E-state index >= 15 is 0 Å². The molecular weight excluding hydrogens is 432 g/mol. The van der Waals surface area contributed by atoms with Gasteiger partial charge in [0.05, 0.1) is 13.7 Å². The van der Waals surface area contributed by atoms with E-state index in [0.29, 0.717) is 31.7 Å². The molecule has 1 aromatic heterocycles. The first-order valence-electron chi connectivity index (χ1n) is 10.7. The fraction of sp³-hybridized carbons (Fsp3) is 0.375. The number of hydrogen-bond acceptors (Lipinski definition) is 5. The van der Waals surface area contributed by atoms with Gasteiger partial charge in [-0.2, -0.15) is 0 Å². The van der Waals surface area contributed by atoms with Gasteiger partial charge in [-0.3, -0.25) is 9.80 Å².